The van der Waals surface area contributed by atoms with E-state index in [4.69, 9.17) is 5.26 Å². The van der Waals surface area contributed by atoms with Gasteiger partial charge in [0.25, 0.3) is 5.56 Å². The predicted octanol–water partition coefficient (Wildman–Crippen LogP) is 2.54. The second-order valence-electron chi connectivity index (χ2n) is 5.41. The van der Waals surface area contributed by atoms with Gasteiger partial charge in [-0.2, -0.15) is 5.26 Å². The number of amides is 1. The van der Waals surface area contributed by atoms with Crippen LogP contribution >= 0.6 is 0 Å². The molecule has 1 aromatic carbocycles. The molecule has 1 amide bonds. The number of aryl methyl sites for hydroxylation is 3. The Morgan fingerprint density at radius 3 is 2.65 bits per heavy atom. The van der Waals surface area contributed by atoms with Gasteiger partial charge in [0.15, 0.2) is 0 Å². The molecule has 0 atom stereocenters. The van der Waals surface area contributed by atoms with Crippen molar-refractivity contribution in [3.8, 4) is 6.07 Å². The van der Waals surface area contributed by atoms with E-state index in [1.807, 2.05) is 37.3 Å². The Bertz CT molecular complexity index is 844. The summed E-state index contributed by atoms with van der Waals surface area (Å²) < 4.78 is 1.33. The number of hydrogen-bond donors (Lipinski definition) is 1. The monoisotopic (exact) mass is 309 g/mol. The summed E-state index contributed by atoms with van der Waals surface area (Å²) in [6.45, 7) is 5.37. The summed E-state index contributed by atoms with van der Waals surface area (Å²) in [6.07, 6.45) is 0.804. The van der Waals surface area contributed by atoms with E-state index in [1.54, 1.807) is 19.9 Å². The predicted molar refractivity (Wildman–Crippen MR) is 89.3 cm³/mol. The molecule has 2 rings (SSSR count). The van der Waals surface area contributed by atoms with E-state index < -0.39 is 5.56 Å². The first kappa shape index (κ1) is 16.5. The van der Waals surface area contributed by atoms with Crippen LogP contribution in [0.4, 0.5) is 5.69 Å². The van der Waals surface area contributed by atoms with Gasteiger partial charge in [-0.25, -0.2) is 0 Å². The van der Waals surface area contributed by atoms with Crippen molar-refractivity contribution in [1.82, 2.24) is 4.57 Å². The van der Waals surface area contributed by atoms with E-state index in [-0.39, 0.29) is 18.0 Å². The Morgan fingerprint density at radius 2 is 2.00 bits per heavy atom. The third kappa shape index (κ3) is 3.49. The lowest BCUT2D eigenvalue weighted by Gasteiger charge is -2.13. The molecule has 0 aliphatic heterocycles. The molecule has 1 N–H and O–H groups in total. The van der Waals surface area contributed by atoms with Gasteiger partial charge in [-0.05, 0) is 43.5 Å². The lowest BCUT2D eigenvalue weighted by Crippen LogP contribution is -2.31. The van der Waals surface area contributed by atoms with Crippen LogP contribution in [0, 0.1) is 25.2 Å². The van der Waals surface area contributed by atoms with Crippen LogP contribution < -0.4 is 10.9 Å². The van der Waals surface area contributed by atoms with Crippen LogP contribution in [0.25, 0.3) is 0 Å². The molecule has 5 heteroatoms. The highest BCUT2D eigenvalue weighted by Crippen LogP contribution is 2.15. The van der Waals surface area contributed by atoms with E-state index in [0.29, 0.717) is 11.3 Å². The maximum Gasteiger partial charge on any atom is 0.269 e. The van der Waals surface area contributed by atoms with Crippen LogP contribution in [0.2, 0.25) is 0 Å². The number of carbonyl (C=O) groups is 1. The fourth-order valence-corrected chi connectivity index (χ4v) is 2.54. The maximum absolute atomic E-state index is 12.3. The highest BCUT2D eigenvalue weighted by Gasteiger charge is 2.13. The smallest absolute Gasteiger partial charge is 0.269 e. The van der Waals surface area contributed by atoms with E-state index >= 15 is 0 Å². The molecule has 2 aromatic rings. The molecular weight excluding hydrogens is 290 g/mol. The number of carbonyl (C=O) groups excluding carboxylic acids is 1. The molecule has 0 radical (unpaired) electrons. The summed E-state index contributed by atoms with van der Waals surface area (Å²) >= 11 is 0. The first-order valence-electron chi connectivity index (χ1n) is 7.46. The summed E-state index contributed by atoms with van der Waals surface area (Å²) in [4.78, 5) is 24.6. The number of rotatable bonds is 4. The number of nitriles is 1. The molecule has 1 heterocycles. The Morgan fingerprint density at radius 1 is 1.30 bits per heavy atom. The molecule has 0 unspecified atom stereocenters. The van der Waals surface area contributed by atoms with Crippen LogP contribution in [0.5, 0.6) is 0 Å². The van der Waals surface area contributed by atoms with Crippen molar-refractivity contribution < 1.29 is 4.79 Å². The highest BCUT2D eigenvalue weighted by atomic mass is 16.2. The summed E-state index contributed by atoms with van der Waals surface area (Å²) in [5, 5.41) is 11.9. The first-order valence-corrected chi connectivity index (χ1v) is 7.46. The summed E-state index contributed by atoms with van der Waals surface area (Å²) in [5.74, 6) is -0.288. The largest absolute Gasteiger partial charge is 0.324 e. The summed E-state index contributed by atoms with van der Waals surface area (Å²) in [5.41, 5.74) is 2.72. The molecule has 0 aliphatic carbocycles. The van der Waals surface area contributed by atoms with E-state index in [1.165, 1.54) is 4.57 Å². The summed E-state index contributed by atoms with van der Waals surface area (Å²) in [7, 11) is 0. The number of benzene rings is 1. The average Bonchev–Trinajstić information content (AvgIpc) is 2.52. The number of para-hydroxylation sites is 1. The van der Waals surface area contributed by atoms with Gasteiger partial charge in [-0.15, -0.1) is 0 Å². The summed E-state index contributed by atoms with van der Waals surface area (Å²) in [6, 6.07) is 11.2. The molecule has 0 saturated heterocycles. The molecule has 0 aliphatic rings. The van der Waals surface area contributed by atoms with E-state index in [2.05, 4.69) is 5.32 Å². The van der Waals surface area contributed by atoms with Crippen molar-refractivity contribution in [3.05, 3.63) is 63.1 Å². The van der Waals surface area contributed by atoms with Crippen molar-refractivity contribution in [3.63, 3.8) is 0 Å². The molecule has 0 spiro atoms. The third-order valence-electron chi connectivity index (χ3n) is 3.79. The van der Waals surface area contributed by atoms with Gasteiger partial charge in [0, 0.05) is 11.4 Å². The molecule has 5 nitrogen and oxygen atoms in total. The zero-order valence-corrected chi connectivity index (χ0v) is 13.5. The SMILES string of the molecule is CCc1ccccc1NC(=O)Cn1c(C)cc(C)c(C#N)c1=O. The van der Waals surface area contributed by atoms with Gasteiger partial charge in [0.05, 0.1) is 0 Å². The Balaban J connectivity index is 2.28. The van der Waals surface area contributed by atoms with Crippen LogP contribution in [0.1, 0.15) is 29.3 Å². The first-order chi connectivity index (χ1) is 11.0. The quantitative estimate of drug-likeness (QED) is 0.943. The van der Waals surface area contributed by atoms with Crippen LogP contribution in [0.15, 0.2) is 35.1 Å². The number of nitrogens with zero attached hydrogens (tertiary/aromatic N) is 2. The van der Waals surface area contributed by atoms with Gasteiger partial charge in [-0.1, -0.05) is 25.1 Å². The Hall–Kier alpha value is -2.87. The van der Waals surface area contributed by atoms with Crippen LogP contribution in [-0.4, -0.2) is 10.5 Å². The molecule has 0 bridgehead atoms. The minimum absolute atomic E-state index is 0.0809. The van der Waals surface area contributed by atoms with Crippen molar-refractivity contribution in [1.29, 1.82) is 5.26 Å². The van der Waals surface area contributed by atoms with Crippen LogP contribution in [0.3, 0.4) is 0 Å². The number of pyridine rings is 1. The standard InChI is InChI=1S/C18H19N3O2/c1-4-14-7-5-6-8-16(14)20-17(22)11-21-13(3)9-12(2)15(10-19)18(21)23/h5-9H,4,11H2,1-3H3,(H,20,22). The fourth-order valence-electron chi connectivity index (χ4n) is 2.54. The van der Waals surface area contributed by atoms with Crippen molar-refractivity contribution in [2.45, 2.75) is 33.7 Å². The van der Waals surface area contributed by atoms with Gasteiger partial charge in [0.2, 0.25) is 5.91 Å². The van der Waals surface area contributed by atoms with Crippen molar-refractivity contribution >= 4 is 11.6 Å². The van der Waals surface area contributed by atoms with E-state index in [0.717, 1.165) is 17.7 Å². The number of hydrogen-bond acceptors (Lipinski definition) is 3. The lowest BCUT2D eigenvalue weighted by atomic mass is 10.1. The fraction of sp³-hybridized carbons (Fsp3) is 0.278. The van der Waals surface area contributed by atoms with E-state index in [9.17, 15) is 9.59 Å². The minimum Gasteiger partial charge on any atom is -0.324 e. The topological polar surface area (TPSA) is 74.9 Å². The third-order valence-corrected chi connectivity index (χ3v) is 3.79. The Labute approximate surface area is 135 Å². The maximum atomic E-state index is 12.3. The van der Waals surface area contributed by atoms with Gasteiger partial charge in [0.1, 0.15) is 18.2 Å². The second-order valence-corrected chi connectivity index (χ2v) is 5.41. The molecule has 1 aromatic heterocycles. The zero-order chi connectivity index (χ0) is 17.0. The molecular formula is C18H19N3O2. The zero-order valence-electron chi connectivity index (χ0n) is 13.5. The molecule has 118 valence electrons. The average molecular weight is 309 g/mol. The van der Waals surface area contributed by atoms with Crippen LogP contribution in [-0.2, 0) is 17.8 Å². The number of aromatic nitrogens is 1. The molecule has 0 fully saturated rings. The van der Waals surface area contributed by atoms with Crippen molar-refractivity contribution in [2.24, 2.45) is 0 Å². The lowest BCUT2D eigenvalue weighted by molar-refractivity contribution is -0.116. The van der Waals surface area contributed by atoms with Gasteiger partial charge < -0.3 is 9.88 Å². The molecule has 23 heavy (non-hydrogen) atoms. The minimum atomic E-state index is -0.427. The van der Waals surface area contributed by atoms with Crippen molar-refractivity contribution in [2.75, 3.05) is 5.32 Å². The molecule has 0 saturated carbocycles. The highest BCUT2D eigenvalue weighted by molar-refractivity contribution is 5.91. The normalized spacial score (nSPS) is 10.2. The number of anilines is 1. The Kier molecular flexibility index (Phi) is 4.97. The second kappa shape index (κ2) is 6.93. The van der Waals surface area contributed by atoms with Gasteiger partial charge >= 0.3 is 0 Å². The number of nitrogens with one attached hydrogen (secondary N) is 1. The van der Waals surface area contributed by atoms with Gasteiger partial charge in [-0.3, -0.25) is 9.59 Å².